The summed E-state index contributed by atoms with van der Waals surface area (Å²) in [5.74, 6) is 0.0749. The number of anilines is 1. The van der Waals surface area contributed by atoms with Gasteiger partial charge in [-0.1, -0.05) is 18.2 Å². The first kappa shape index (κ1) is 12.5. The van der Waals surface area contributed by atoms with E-state index >= 15 is 0 Å². The van der Waals surface area contributed by atoms with E-state index in [0.717, 1.165) is 30.7 Å². The van der Waals surface area contributed by atoms with Crippen LogP contribution in [-0.4, -0.2) is 31.2 Å². The van der Waals surface area contributed by atoms with Crippen molar-refractivity contribution >= 4 is 11.6 Å². The third-order valence-corrected chi connectivity index (χ3v) is 3.98. The fourth-order valence-electron chi connectivity index (χ4n) is 2.95. The first-order valence-corrected chi connectivity index (χ1v) is 6.99. The lowest BCUT2D eigenvalue weighted by molar-refractivity contribution is -0.123. The summed E-state index contributed by atoms with van der Waals surface area (Å²) in [5.41, 5.74) is 2.20. The van der Waals surface area contributed by atoms with Gasteiger partial charge in [0.15, 0.2) is 0 Å². The molecule has 2 aliphatic heterocycles. The maximum atomic E-state index is 12.4. The predicted octanol–water partition coefficient (Wildman–Crippen LogP) is 1.88. The molecule has 19 heavy (non-hydrogen) atoms. The molecule has 0 aliphatic carbocycles. The van der Waals surface area contributed by atoms with Gasteiger partial charge in [-0.25, -0.2) is 0 Å². The van der Waals surface area contributed by atoms with Gasteiger partial charge < -0.3 is 15.4 Å². The summed E-state index contributed by atoms with van der Waals surface area (Å²) in [6.07, 6.45) is 2.07. The molecule has 0 spiro atoms. The van der Waals surface area contributed by atoms with Crippen molar-refractivity contribution < 1.29 is 9.53 Å². The van der Waals surface area contributed by atoms with E-state index in [1.165, 1.54) is 0 Å². The van der Waals surface area contributed by atoms with E-state index in [-0.39, 0.29) is 24.0 Å². The quantitative estimate of drug-likeness (QED) is 0.853. The molecular formula is C15H20N2O2. The highest BCUT2D eigenvalue weighted by molar-refractivity contribution is 5.88. The predicted molar refractivity (Wildman–Crippen MR) is 74.3 cm³/mol. The summed E-state index contributed by atoms with van der Waals surface area (Å²) in [6, 6.07) is 8.30. The van der Waals surface area contributed by atoms with E-state index in [1.54, 1.807) is 0 Å². The zero-order valence-electron chi connectivity index (χ0n) is 11.2. The van der Waals surface area contributed by atoms with E-state index in [2.05, 4.69) is 17.6 Å². The summed E-state index contributed by atoms with van der Waals surface area (Å²) in [6.45, 7) is 3.50. The molecule has 3 atom stereocenters. The summed E-state index contributed by atoms with van der Waals surface area (Å²) < 4.78 is 5.51. The lowest BCUT2D eigenvalue weighted by atomic mass is 9.98. The minimum Gasteiger partial charge on any atom is -0.384 e. The second kappa shape index (κ2) is 5.21. The van der Waals surface area contributed by atoms with Gasteiger partial charge in [-0.15, -0.1) is 0 Å². The molecule has 3 unspecified atom stereocenters. The molecule has 0 bridgehead atoms. The Bertz CT molecular complexity index is 475. The third kappa shape index (κ3) is 2.59. The highest BCUT2D eigenvalue weighted by Crippen LogP contribution is 2.31. The smallest absolute Gasteiger partial charge is 0.229 e. The molecule has 1 amide bonds. The van der Waals surface area contributed by atoms with E-state index in [1.807, 2.05) is 24.3 Å². The Labute approximate surface area is 113 Å². The van der Waals surface area contributed by atoms with Gasteiger partial charge in [-0.05, 0) is 31.4 Å². The van der Waals surface area contributed by atoms with E-state index in [0.29, 0.717) is 6.54 Å². The molecule has 2 aliphatic rings. The topological polar surface area (TPSA) is 50.4 Å². The van der Waals surface area contributed by atoms with Crippen LogP contribution in [0.3, 0.4) is 0 Å². The molecule has 1 fully saturated rings. The first-order valence-electron chi connectivity index (χ1n) is 6.99. The van der Waals surface area contributed by atoms with Gasteiger partial charge in [0, 0.05) is 24.9 Å². The fraction of sp³-hybridized carbons (Fsp3) is 0.533. The van der Waals surface area contributed by atoms with Crippen molar-refractivity contribution in [3.63, 3.8) is 0 Å². The Morgan fingerprint density at radius 2 is 2.26 bits per heavy atom. The van der Waals surface area contributed by atoms with Gasteiger partial charge in [0.25, 0.3) is 0 Å². The number of carbonyl (C=O) groups is 1. The zero-order valence-corrected chi connectivity index (χ0v) is 11.2. The number of para-hydroxylation sites is 1. The van der Waals surface area contributed by atoms with Crippen molar-refractivity contribution in [2.75, 3.05) is 18.5 Å². The SMILES string of the molecule is CC1CC(NC(=O)C2CNc3ccccc32)CCO1. The minimum absolute atomic E-state index is 0.0608. The Balaban J connectivity index is 1.65. The molecular weight excluding hydrogens is 240 g/mol. The molecule has 2 N–H and O–H groups in total. The van der Waals surface area contributed by atoms with Crippen molar-refractivity contribution in [3.05, 3.63) is 29.8 Å². The molecule has 1 saturated heterocycles. The van der Waals surface area contributed by atoms with E-state index < -0.39 is 0 Å². The van der Waals surface area contributed by atoms with Crippen molar-refractivity contribution in [2.45, 2.75) is 37.8 Å². The number of nitrogens with one attached hydrogen (secondary N) is 2. The highest BCUT2D eigenvalue weighted by Gasteiger charge is 2.30. The van der Waals surface area contributed by atoms with Crippen LogP contribution in [0.1, 0.15) is 31.2 Å². The number of benzene rings is 1. The Kier molecular flexibility index (Phi) is 3.42. The molecule has 0 aromatic heterocycles. The molecule has 1 aromatic rings. The molecule has 3 rings (SSSR count). The maximum absolute atomic E-state index is 12.4. The van der Waals surface area contributed by atoms with Crippen LogP contribution in [0, 0.1) is 0 Å². The van der Waals surface area contributed by atoms with Gasteiger partial charge in [0.05, 0.1) is 12.0 Å². The second-order valence-electron chi connectivity index (χ2n) is 5.43. The summed E-state index contributed by atoms with van der Waals surface area (Å²) in [5, 5.41) is 6.46. The maximum Gasteiger partial charge on any atom is 0.229 e. The van der Waals surface area contributed by atoms with Crippen molar-refractivity contribution in [1.82, 2.24) is 5.32 Å². The molecule has 4 heteroatoms. The summed E-state index contributed by atoms with van der Waals surface area (Å²) in [4.78, 5) is 12.4. The molecule has 4 nitrogen and oxygen atoms in total. The molecule has 2 heterocycles. The van der Waals surface area contributed by atoms with Gasteiger partial charge in [-0.2, -0.15) is 0 Å². The van der Waals surface area contributed by atoms with Crippen LogP contribution in [0.5, 0.6) is 0 Å². The Hall–Kier alpha value is -1.55. The average Bonchev–Trinajstić information content (AvgIpc) is 2.82. The van der Waals surface area contributed by atoms with Crippen molar-refractivity contribution in [3.8, 4) is 0 Å². The third-order valence-electron chi connectivity index (χ3n) is 3.98. The molecule has 0 radical (unpaired) electrons. The van der Waals surface area contributed by atoms with Gasteiger partial charge in [0.2, 0.25) is 5.91 Å². The Morgan fingerprint density at radius 1 is 1.42 bits per heavy atom. The summed E-state index contributed by atoms with van der Waals surface area (Å²) >= 11 is 0. The number of fused-ring (bicyclic) bond motifs is 1. The standard InChI is InChI=1S/C15H20N2O2/c1-10-8-11(6-7-19-10)17-15(18)13-9-16-14-5-3-2-4-12(13)14/h2-5,10-11,13,16H,6-9H2,1H3,(H,17,18). The van der Waals surface area contributed by atoms with Crippen LogP contribution in [0.2, 0.25) is 0 Å². The highest BCUT2D eigenvalue weighted by atomic mass is 16.5. The van der Waals surface area contributed by atoms with Crippen LogP contribution in [0.15, 0.2) is 24.3 Å². The molecule has 0 saturated carbocycles. The lowest BCUT2D eigenvalue weighted by Crippen LogP contribution is -2.43. The van der Waals surface area contributed by atoms with E-state index in [9.17, 15) is 4.79 Å². The number of ether oxygens (including phenoxy) is 1. The van der Waals surface area contributed by atoms with Crippen molar-refractivity contribution in [2.24, 2.45) is 0 Å². The molecule has 1 aromatic carbocycles. The van der Waals surface area contributed by atoms with Crippen LogP contribution in [-0.2, 0) is 9.53 Å². The number of amides is 1. The Morgan fingerprint density at radius 3 is 3.11 bits per heavy atom. The normalized spacial score (nSPS) is 29.4. The number of rotatable bonds is 2. The van der Waals surface area contributed by atoms with Crippen LogP contribution in [0.25, 0.3) is 0 Å². The van der Waals surface area contributed by atoms with Crippen LogP contribution in [0.4, 0.5) is 5.69 Å². The number of carbonyl (C=O) groups excluding carboxylic acids is 1. The van der Waals surface area contributed by atoms with Crippen LogP contribution >= 0.6 is 0 Å². The largest absolute Gasteiger partial charge is 0.384 e. The summed E-state index contributed by atoms with van der Waals surface area (Å²) in [7, 11) is 0. The van der Waals surface area contributed by atoms with Gasteiger partial charge in [-0.3, -0.25) is 4.79 Å². The van der Waals surface area contributed by atoms with Gasteiger partial charge >= 0.3 is 0 Å². The minimum atomic E-state index is -0.0608. The monoisotopic (exact) mass is 260 g/mol. The fourth-order valence-corrected chi connectivity index (χ4v) is 2.95. The molecule has 102 valence electrons. The first-order chi connectivity index (χ1) is 9.24. The number of hydrogen-bond donors (Lipinski definition) is 2. The van der Waals surface area contributed by atoms with Crippen molar-refractivity contribution in [1.29, 1.82) is 0 Å². The lowest BCUT2D eigenvalue weighted by Gasteiger charge is -2.28. The average molecular weight is 260 g/mol. The van der Waals surface area contributed by atoms with Gasteiger partial charge in [0.1, 0.15) is 0 Å². The van der Waals surface area contributed by atoms with Crippen LogP contribution < -0.4 is 10.6 Å². The van der Waals surface area contributed by atoms with E-state index in [4.69, 9.17) is 4.74 Å². The zero-order chi connectivity index (χ0) is 13.2. The number of hydrogen-bond acceptors (Lipinski definition) is 3. The second-order valence-corrected chi connectivity index (χ2v) is 5.43.